The number of nitrogens with one attached hydrogen (secondary N) is 1. The van der Waals surface area contributed by atoms with Crippen LogP contribution in [0.3, 0.4) is 0 Å². The lowest BCUT2D eigenvalue weighted by Crippen LogP contribution is -2.41. The predicted molar refractivity (Wildman–Crippen MR) is 95.9 cm³/mol. The molecule has 0 spiro atoms. The quantitative estimate of drug-likeness (QED) is 0.769. The van der Waals surface area contributed by atoms with E-state index < -0.39 is 10.0 Å². The zero-order valence-electron chi connectivity index (χ0n) is 13.7. The molecule has 2 aromatic rings. The summed E-state index contributed by atoms with van der Waals surface area (Å²) in [5.74, 6) is -0.0817. The number of hydrogen-bond donors (Lipinski definition) is 1. The molecule has 0 aliphatic carbocycles. The number of nitrogens with zero attached hydrogens (tertiary/aromatic N) is 3. The van der Waals surface area contributed by atoms with E-state index in [0.29, 0.717) is 23.7 Å². The number of rotatable bonds is 4. The van der Waals surface area contributed by atoms with Crippen LogP contribution in [0.2, 0.25) is 0 Å². The lowest BCUT2D eigenvalue weighted by molar-refractivity contribution is -0.120. The van der Waals surface area contributed by atoms with Crippen molar-refractivity contribution in [1.82, 2.24) is 14.4 Å². The topological polar surface area (TPSA) is 105 Å². The molecule has 1 fully saturated rings. The summed E-state index contributed by atoms with van der Waals surface area (Å²) >= 11 is 4.63. The number of amides is 1. The number of sulfonamides is 1. The van der Waals surface area contributed by atoms with Gasteiger partial charge in [0.25, 0.3) is 0 Å². The molecule has 1 aliphatic heterocycles. The Balaban J connectivity index is 1.64. The van der Waals surface area contributed by atoms with Gasteiger partial charge in [-0.15, -0.1) is 0 Å². The third-order valence-corrected chi connectivity index (χ3v) is 7.63. The molecule has 1 N–H and O–H groups in total. The number of thiazole rings is 1. The standard InChI is InChI=1S/C14H17BrN4O4S2/c1-8-12(9(2)23-18-8)25(21,22)19-5-3-10(4-6-19)13(20)17-14-16-7-11(15)24-14/h7,10H,3-6H2,1-2H3,(H,16,17,20). The Kier molecular flexibility index (Phi) is 5.28. The second-order valence-electron chi connectivity index (χ2n) is 5.79. The Morgan fingerprint density at radius 2 is 2.08 bits per heavy atom. The molecule has 25 heavy (non-hydrogen) atoms. The summed E-state index contributed by atoms with van der Waals surface area (Å²) in [7, 11) is -3.66. The van der Waals surface area contributed by atoms with Gasteiger partial charge in [-0.1, -0.05) is 16.5 Å². The molecule has 136 valence electrons. The van der Waals surface area contributed by atoms with Crippen LogP contribution in [0, 0.1) is 19.8 Å². The maximum atomic E-state index is 12.8. The maximum Gasteiger partial charge on any atom is 0.248 e. The summed E-state index contributed by atoms with van der Waals surface area (Å²) in [6, 6.07) is 0. The van der Waals surface area contributed by atoms with Crippen molar-refractivity contribution in [2.24, 2.45) is 5.92 Å². The molecule has 3 heterocycles. The summed E-state index contributed by atoms with van der Waals surface area (Å²) in [6.45, 7) is 3.76. The molecule has 1 aliphatic rings. The number of hydrogen-bond acceptors (Lipinski definition) is 7. The van der Waals surface area contributed by atoms with Crippen LogP contribution in [-0.4, -0.2) is 41.9 Å². The van der Waals surface area contributed by atoms with E-state index in [0.717, 1.165) is 3.79 Å². The Morgan fingerprint density at radius 1 is 1.40 bits per heavy atom. The normalized spacial score (nSPS) is 16.9. The molecule has 1 amide bonds. The van der Waals surface area contributed by atoms with Gasteiger partial charge < -0.3 is 9.84 Å². The van der Waals surface area contributed by atoms with Gasteiger partial charge in [-0.05, 0) is 42.6 Å². The Morgan fingerprint density at radius 3 is 2.60 bits per heavy atom. The van der Waals surface area contributed by atoms with Crippen LogP contribution in [0.5, 0.6) is 0 Å². The van der Waals surface area contributed by atoms with Gasteiger partial charge in [0.05, 0.1) is 9.98 Å². The summed E-state index contributed by atoms with van der Waals surface area (Å²) in [6.07, 6.45) is 2.54. The lowest BCUT2D eigenvalue weighted by Gasteiger charge is -2.30. The second-order valence-corrected chi connectivity index (χ2v) is 10.1. The molecule has 2 aromatic heterocycles. The van der Waals surface area contributed by atoms with Crippen molar-refractivity contribution in [3.8, 4) is 0 Å². The van der Waals surface area contributed by atoms with Crippen molar-refractivity contribution in [3.05, 3.63) is 21.4 Å². The zero-order chi connectivity index (χ0) is 18.2. The van der Waals surface area contributed by atoms with E-state index in [1.807, 2.05) is 0 Å². The van der Waals surface area contributed by atoms with Crippen molar-refractivity contribution < 1.29 is 17.7 Å². The minimum Gasteiger partial charge on any atom is -0.360 e. The monoisotopic (exact) mass is 448 g/mol. The first-order chi connectivity index (χ1) is 11.8. The van der Waals surface area contributed by atoms with E-state index >= 15 is 0 Å². The van der Waals surface area contributed by atoms with Crippen LogP contribution in [-0.2, 0) is 14.8 Å². The average Bonchev–Trinajstić information content (AvgIpc) is 3.13. The van der Waals surface area contributed by atoms with Gasteiger partial charge in [0.2, 0.25) is 15.9 Å². The highest BCUT2D eigenvalue weighted by atomic mass is 79.9. The Hall–Kier alpha value is -1.30. The van der Waals surface area contributed by atoms with E-state index in [4.69, 9.17) is 4.52 Å². The minimum atomic E-state index is -3.66. The first kappa shape index (κ1) is 18.5. The van der Waals surface area contributed by atoms with Crippen LogP contribution < -0.4 is 5.32 Å². The number of piperidine rings is 1. The smallest absolute Gasteiger partial charge is 0.248 e. The SMILES string of the molecule is Cc1noc(C)c1S(=O)(=O)N1CCC(C(=O)Nc2ncc(Br)s2)CC1. The third kappa shape index (κ3) is 3.78. The minimum absolute atomic E-state index is 0.128. The molecule has 3 rings (SSSR count). The molecule has 0 bridgehead atoms. The fraction of sp³-hybridized carbons (Fsp3) is 0.500. The van der Waals surface area contributed by atoms with Crippen LogP contribution in [0.15, 0.2) is 19.4 Å². The lowest BCUT2D eigenvalue weighted by atomic mass is 9.97. The van der Waals surface area contributed by atoms with E-state index in [-0.39, 0.29) is 35.6 Å². The average molecular weight is 449 g/mol. The number of carbonyl (C=O) groups excluding carboxylic acids is 1. The second kappa shape index (κ2) is 7.14. The van der Waals surface area contributed by atoms with E-state index in [2.05, 4.69) is 31.4 Å². The summed E-state index contributed by atoms with van der Waals surface area (Å²) in [4.78, 5) is 16.5. The molecule has 11 heteroatoms. The molecule has 0 saturated carbocycles. The van der Waals surface area contributed by atoms with Gasteiger partial charge in [0.15, 0.2) is 10.9 Å². The van der Waals surface area contributed by atoms with Crippen molar-refractivity contribution in [2.75, 3.05) is 18.4 Å². The maximum absolute atomic E-state index is 12.8. The van der Waals surface area contributed by atoms with Gasteiger partial charge in [-0.25, -0.2) is 13.4 Å². The number of aromatic nitrogens is 2. The van der Waals surface area contributed by atoms with Crippen molar-refractivity contribution in [2.45, 2.75) is 31.6 Å². The van der Waals surface area contributed by atoms with Crippen LogP contribution in [0.1, 0.15) is 24.3 Å². The fourth-order valence-corrected chi connectivity index (χ4v) is 5.72. The number of halogens is 1. The van der Waals surface area contributed by atoms with Crippen molar-refractivity contribution >= 4 is 48.3 Å². The molecule has 0 atom stereocenters. The number of aryl methyl sites for hydroxylation is 2. The Bertz CT molecular complexity index is 865. The van der Waals surface area contributed by atoms with Crippen LogP contribution in [0.4, 0.5) is 5.13 Å². The molecule has 1 saturated heterocycles. The summed E-state index contributed by atoms with van der Waals surface area (Å²) in [5.41, 5.74) is 0.353. The van der Waals surface area contributed by atoms with Gasteiger partial charge in [0.1, 0.15) is 10.6 Å². The van der Waals surface area contributed by atoms with Gasteiger partial charge in [-0.2, -0.15) is 4.31 Å². The highest BCUT2D eigenvalue weighted by Gasteiger charge is 2.35. The van der Waals surface area contributed by atoms with Gasteiger partial charge in [-0.3, -0.25) is 4.79 Å². The van der Waals surface area contributed by atoms with Gasteiger partial charge in [0, 0.05) is 19.0 Å². The third-order valence-electron chi connectivity index (χ3n) is 4.10. The Labute approximate surface area is 157 Å². The van der Waals surface area contributed by atoms with Crippen LogP contribution in [0.25, 0.3) is 0 Å². The summed E-state index contributed by atoms with van der Waals surface area (Å²) in [5, 5.41) is 7.02. The van der Waals surface area contributed by atoms with E-state index in [1.165, 1.54) is 15.6 Å². The highest BCUT2D eigenvalue weighted by molar-refractivity contribution is 9.11. The van der Waals surface area contributed by atoms with Crippen LogP contribution >= 0.6 is 27.3 Å². The largest absolute Gasteiger partial charge is 0.360 e. The van der Waals surface area contributed by atoms with Gasteiger partial charge >= 0.3 is 0 Å². The summed E-state index contributed by atoms with van der Waals surface area (Å²) < 4.78 is 32.7. The molecule has 0 radical (unpaired) electrons. The van der Waals surface area contributed by atoms with Crippen molar-refractivity contribution in [1.29, 1.82) is 0 Å². The molecular formula is C14H17BrN4O4S2. The van der Waals surface area contributed by atoms with E-state index in [1.54, 1.807) is 20.0 Å². The molecule has 0 unspecified atom stereocenters. The number of anilines is 1. The number of carbonyl (C=O) groups is 1. The molecular weight excluding hydrogens is 432 g/mol. The molecule has 8 nitrogen and oxygen atoms in total. The highest BCUT2D eigenvalue weighted by Crippen LogP contribution is 2.29. The first-order valence-electron chi connectivity index (χ1n) is 7.64. The van der Waals surface area contributed by atoms with Crippen molar-refractivity contribution in [3.63, 3.8) is 0 Å². The molecule has 0 aromatic carbocycles. The van der Waals surface area contributed by atoms with E-state index in [9.17, 15) is 13.2 Å². The fourth-order valence-electron chi connectivity index (χ4n) is 2.85. The predicted octanol–water partition coefficient (Wildman–Crippen LogP) is 2.55. The zero-order valence-corrected chi connectivity index (χ0v) is 16.9. The first-order valence-corrected chi connectivity index (χ1v) is 10.7.